The highest BCUT2D eigenvalue weighted by Gasteiger charge is 2.12. The molecule has 172 valence electrons. The summed E-state index contributed by atoms with van der Waals surface area (Å²) in [5, 5.41) is 16.1. The van der Waals surface area contributed by atoms with Crippen molar-refractivity contribution in [3.63, 3.8) is 0 Å². The minimum atomic E-state index is -0.595. The van der Waals surface area contributed by atoms with Crippen molar-refractivity contribution in [3.8, 4) is 11.8 Å². The predicted molar refractivity (Wildman–Crippen MR) is 135 cm³/mol. The van der Waals surface area contributed by atoms with Gasteiger partial charge in [0.15, 0.2) is 0 Å². The first-order chi connectivity index (χ1) is 16.4. The number of amides is 2. The van der Waals surface area contributed by atoms with Crippen LogP contribution in [0.3, 0.4) is 0 Å². The van der Waals surface area contributed by atoms with Crippen molar-refractivity contribution >= 4 is 62.8 Å². The number of ether oxygens (including phenoxy) is 1. The Labute approximate surface area is 214 Å². The molecule has 2 amide bonds. The van der Waals surface area contributed by atoms with Crippen molar-refractivity contribution in [2.45, 2.75) is 13.0 Å². The van der Waals surface area contributed by atoms with Crippen molar-refractivity contribution in [3.05, 3.63) is 91.9 Å². The third kappa shape index (κ3) is 7.06. The van der Waals surface area contributed by atoms with Crippen LogP contribution < -0.4 is 15.5 Å². The first-order valence-corrected chi connectivity index (χ1v) is 11.4. The number of nitriles is 1. The number of hydrazone groups is 1. The lowest BCUT2D eigenvalue weighted by Gasteiger charge is -2.10. The molecule has 0 aliphatic carbocycles. The number of nitrogens with zero attached hydrogens (tertiary/aromatic N) is 2. The van der Waals surface area contributed by atoms with E-state index in [9.17, 15) is 14.9 Å². The molecule has 0 bridgehead atoms. The summed E-state index contributed by atoms with van der Waals surface area (Å²) in [6.45, 7) is 0.244. The van der Waals surface area contributed by atoms with Crippen LogP contribution in [0.5, 0.6) is 5.75 Å². The van der Waals surface area contributed by atoms with E-state index < -0.39 is 18.2 Å². The molecule has 0 fully saturated rings. The van der Waals surface area contributed by atoms with Gasteiger partial charge in [-0.1, -0.05) is 47.5 Å². The molecule has 0 radical (unpaired) electrons. The van der Waals surface area contributed by atoms with Crippen LogP contribution in [-0.4, -0.2) is 18.0 Å². The maximum absolute atomic E-state index is 12.0. The van der Waals surface area contributed by atoms with Crippen LogP contribution in [0.25, 0.3) is 0 Å². The van der Waals surface area contributed by atoms with Gasteiger partial charge < -0.3 is 10.1 Å². The molecule has 0 saturated heterocycles. The number of hydrogen-bond donors (Lipinski definition) is 2. The van der Waals surface area contributed by atoms with Crippen molar-refractivity contribution in [1.29, 1.82) is 5.26 Å². The van der Waals surface area contributed by atoms with Crippen LogP contribution in [0, 0.1) is 11.3 Å². The minimum absolute atomic E-state index is 0.197. The minimum Gasteiger partial charge on any atom is -0.488 e. The molecule has 0 atom stereocenters. The monoisotopic (exact) mass is 558 g/mol. The second-order valence-corrected chi connectivity index (χ2v) is 8.51. The third-order valence-electron chi connectivity index (χ3n) is 4.43. The highest BCUT2D eigenvalue weighted by molar-refractivity contribution is 9.10. The molecule has 3 aromatic carbocycles. The number of carbonyl (C=O) groups excluding carboxylic acids is 2. The summed E-state index contributed by atoms with van der Waals surface area (Å²) in [5.41, 5.74) is 4.65. The van der Waals surface area contributed by atoms with Crippen LogP contribution in [0.2, 0.25) is 10.0 Å². The van der Waals surface area contributed by atoms with Crippen LogP contribution in [0.4, 0.5) is 5.69 Å². The summed E-state index contributed by atoms with van der Waals surface area (Å²) >= 11 is 15.4. The van der Waals surface area contributed by atoms with Crippen molar-refractivity contribution in [2.75, 3.05) is 5.32 Å². The fourth-order valence-corrected chi connectivity index (χ4v) is 3.64. The number of hydrogen-bond acceptors (Lipinski definition) is 5. The molecule has 34 heavy (non-hydrogen) atoms. The number of rotatable bonds is 8. The molecule has 3 aromatic rings. The van der Waals surface area contributed by atoms with Gasteiger partial charge in [-0.25, -0.2) is 5.43 Å². The van der Waals surface area contributed by atoms with Gasteiger partial charge in [0.1, 0.15) is 18.8 Å². The maximum Gasteiger partial charge on any atom is 0.249 e. The van der Waals surface area contributed by atoms with Crippen molar-refractivity contribution in [1.82, 2.24) is 5.43 Å². The average Bonchev–Trinajstić information content (AvgIpc) is 2.81. The van der Waals surface area contributed by atoms with Crippen molar-refractivity contribution < 1.29 is 14.3 Å². The van der Waals surface area contributed by atoms with E-state index in [-0.39, 0.29) is 11.6 Å². The molecule has 3 rings (SSSR count). The zero-order valence-electron chi connectivity index (χ0n) is 17.5. The van der Waals surface area contributed by atoms with Gasteiger partial charge in [-0.2, -0.15) is 10.4 Å². The fraction of sp³-hybridized carbons (Fsp3) is 0.0833. The number of benzene rings is 3. The van der Waals surface area contributed by atoms with Crippen LogP contribution >= 0.6 is 39.1 Å². The lowest BCUT2D eigenvalue weighted by molar-refractivity contribution is -0.126. The van der Waals surface area contributed by atoms with Gasteiger partial charge in [-0.15, -0.1) is 0 Å². The highest BCUT2D eigenvalue weighted by Crippen LogP contribution is 2.29. The Morgan fingerprint density at radius 2 is 1.88 bits per heavy atom. The summed E-state index contributed by atoms with van der Waals surface area (Å²) in [7, 11) is 0. The average molecular weight is 560 g/mol. The summed E-state index contributed by atoms with van der Waals surface area (Å²) < 4.78 is 6.47. The maximum atomic E-state index is 12.0. The van der Waals surface area contributed by atoms with E-state index >= 15 is 0 Å². The van der Waals surface area contributed by atoms with E-state index in [1.807, 2.05) is 12.1 Å². The lowest BCUT2D eigenvalue weighted by Crippen LogP contribution is -2.24. The Hall–Kier alpha value is -3.38. The SMILES string of the molecule is N#Cc1ccccc1COc1ccc(C=NNC(=O)CC(=O)Nc2cccc(Cl)c2Cl)cc1Br. The zero-order valence-corrected chi connectivity index (χ0v) is 20.6. The van der Waals surface area contributed by atoms with E-state index in [4.69, 9.17) is 27.9 Å². The molecule has 0 heterocycles. The molecule has 2 N–H and O–H groups in total. The van der Waals surface area contributed by atoms with E-state index in [2.05, 4.69) is 37.8 Å². The van der Waals surface area contributed by atoms with Crippen LogP contribution in [0.1, 0.15) is 23.1 Å². The normalized spacial score (nSPS) is 10.5. The molecule has 0 unspecified atom stereocenters. The highest BCUT2D eigenvalue weighted by atomic mass is 79.9. The molecule has 0 spiro atoms. The Kier molecular flexibility index (Phi) is 9.05. The molecule has 0 aromatic heterocycles. The standard InChI is InChI=1S/C24H17BrCl2N4O3/c25-18-10-15(8-9-21(18)34-14-17-5-2-1-4-16(17)12-28)13-29-31-23(33)11-22(32)30-20-7-3-6-19(26)24(20)27/h1-10,13H,11,14H2,(H,30,32)(H,31,33). The Balaban J connectivity index is 1.51. The van der Waals surface area contributed by atoms with Gasteiger partial charge in [0.25, 0.3) is 0 Å². The van der Waals surface area contributed by atoms with Gasteiger partial charge in [0.2, 0.25) is 11.8 Å². The molecule has 7 nitrogen and oxygen atoms in total. The molecule has 10 heteroatoms. The molecular weight excluding hydrogens is 543 g/mol. The van der Waals surface area contributed by atoms with Crippen molar-refractivity contribution in [2.24, 2.45) is 5.10 Å². The number of nitrogens with one attached hydrogen (secondary N) is 2. The topological polar surface area (TPSA) is 104 Å². The zero-order chi connectivity index (χ0) is 24.5. The first-order valence-electron chi connectivity index (χ1n) is 9.83. The number of halogens is 3. The Bertz CT molecular complexity index is 1290. The molecule has 0 aliphatic heterocycles. The van der Waals surface area contributed by atoms with Gasteiger partial charge in [-0.3, -0.25) is 9.59 Å². The van der Waals surface area contributed by atoms with Gasteiger partial charge >= 0.3 is 0 Å². The summed E-state index contributed by atoms with van der Waals surface area (Å²) in [4.78, 5) is 24.0. The molecular formula is C24H17BrCl2N4O3. The Morgan fingerprint density at radius 3 is 2.65 bits per heavy atom. The number of carbonyl (C=O) groups is 2. The summed E-state index contributed by atoms with van der Waals surface area (Å²) in [6, 6.07) is 19.4. The van der Waals surface area contributed by atoms with E-state index in [1.165, 1.54) is 6.21 Å². The molecule has 0 saturated carbocycles. The second kappa shape index (κ2) is 12.2. The Morgan fingerprint density at radius 1 is 1.09 bits per heavy atom. The quantitative estimate of drug-likeness (QED) is 0.210. The lowest BCUT2D eigenvalue weighted by atomic mass is 10.1. The van der Waals surface area contributed by atoms with E-state index in [0.717, 1.165) is 5.56 Å². The second-order valence-electron chi connectivity index (χ2n) is 6.87. The largest absolute Gasteiger partial charge is 0.488 e. The third-order valence-corrected chi connectivity index (χ3v) is 5.87. The van der Waals surface area contributed by atoms with E-state index in [0.29, 0.717) is 32.1 Å². The molecule has 0 aliphatic rings. The summed E-state index contributed by atoms with van der Waals surface area (Å²) in [6.07, 6.45) is 0.990. The first kappa shape index (κ1) is 25.2. The van der Waals surface area contributed by atoms with Crippen LogP contribution in [-0.2, 0) is 16.2 Å². The predicted octanol–water partition coefficient (Wildman–Crippen LogP) is 5.69. The smallest absolute Gasteiger partial charge is 0.249 e. The van der Waals surface area contributed by atoms with Gasteiger partial charge in [-0.05, 0) is 57.9 Å². The summed E-state index contributed by atoms with van der Waals surface area (Å²) in [5.74, 6) is -0.563. The van der Waals surface area contributed by atoms with E-state index in [1.54, 1.807) is 48.5 Å². The van der Waals surface area contributed by atoms with Crippen LogP contribution in [0.15, 0.2) is 70.2 Å². The number of anilines is 1. The fourth-order valence-electron chi connectivity index (χ4n) is 2.78. The van der Waals surface area contributed by atoms with Gasteiger partial charge in [0.05, 0.1) is 38.1 Å². The van der Waals surface area contributed by atoms with Gasteiger partial charge in [0, 0.05) is 5.56 Å².